The van der Waals surface area contributed by atoms with Crippen molar-refractivity contribution in [2.24, 2.45) is 10.7 Å². The normalized spacial score (nSPS) is 19.3. The van der Waals surface area contributed by atoms with Crippen molar-refractivity contribution >= 4 is 18.2 Å². The summed E-state index contributed by atoms with van der Waals surface area (Å²) in [5, 5.41) is 5.62. The van der Waals surface area contributed by atoms with Gasteiger partial charge in [0.25, 0.3) is 5.91 Å². The highest BCUT2D eigenvalue weighted by Crippen LogP contribution is 2.20. The Hall–Kier alpha value is -3.72. The van der Waals surface area contributed by atoms with Gasteiger partial charge < -0.3 is 21.1 Å². The van der Waals surface area contributed by atoms with Gasteiger partial charge in [-0.3, -0.25) is 9.79 Å². The number of hydrogen-bond acceptors (Lipinski definition) is 5. The maximum atomic E-state index is 11.9. The third kappa shape index (κ3) is 7.15. The third-order valence-electron chi connectivity index (χ3n) is 5.22. The zero-order valence-corrected chi connectivity index (χ0v) is 20.0. The van der Waals surface area contributed by atoms with Crippen molar-refractivity contribution in [2.45, 2.75) is 52.0 Å². The molecule has 0 aromatic heterocycles. The van der Waals surface area contributed by atoms with Crippen molar-refractivity contribution in [1.29, 1.82) is 0 Å². The molecule has 1 saturated heterocycles. The Kier molecular flexibility index (Phi) is 9.56. The number of benzene rings is 1. The molecule has 1 fully saturated rings. The lowest BCUT2D eigenvalue weighted by molar-refractivity contribution is -0.122. The molecule has 0 aliphatic carbocycles. The van der Waals surface area contributed by atoms with E-state index >= 15 is 0 Å². The highest BCUT2D eigenvalue weighted by atomic mass is 16.5. The molecular weight excluding hydrogens is 412 g/mol. The molecule has 33 heavy (non-hydrogen) atoms. The highest BCUT2D eigenvalue weighted by Gasteiger charge is 2.40. The van der Waals surface area contributed by atoms with E-state index in [0.717, 1.165) is 18.6 Å². The molecule has 4 N–H and O–H groups in total. The fourth-order valence-corrected chi connectivity index (χ4v) is 3.27. The number of amides is 1. The summed E-state index contributed by atoms with van der Waals surface area (Å²) in [7, 11) is 1.70. The lowest BCUT2D eigenvalue weighted by atomic mass is 9.97. The second-order valence-corrected chi connectivity index (χ2v) is 7.63. The predicted octanol–water partition coefficient (Wildman–Crippen LogP) is 4.21. The van der Waals surface area contributed by atoms with Gasteiger partial charge in [0.2, 0.25) is 0 Å². The first-order valence-electron chi connectivity index (χ1n) is 11.2. The van der Waals surface area contributed by atoms with Crippen molar-refractivity contribution < 1.29 is 9.53 Å². The van der Waals surface area contributed by atoms with Gasteiger partial charge in [-0.25, -0.2) is 0 Å². The summed E-state index contributed by atoms with van der Waals surface area (Å²) in [4.78, 5) is 16.0. The number of nitrogens with one attached hydrogen (secondary N) is 2. The van der Waals surface area contributed by atoms with Crippen molar-refractivity contribution in [1.82, 2.24) is 10.6 Å². The number of aryl methyl sites for hydroxylation is 1. The molecule has 1 unspecified atom stereocenters. The third-order valence-corrected chi connectivity index (χ3v) is 5.22. The second kappa shape index (κ2) is 12.4. The van der Waals surface area contributed by atoms with E-state index < -0.39 is 5.54 Å². The average molecular weight is 447 g/mol. The van der Waals surface area contributed by atoms with Gasteiger partial charge in [0.15, 0.2) is 5.54 Å². The molecule has 1 atom stereocenters. The minimum absolute atomic E-state index is 0.179. The number of rotatable bonds is 5. The van der Waals surface area contributed by atoms with Gasteiger partial charge in [-0.15, -0.1) is 0 Å². The molecule has 6 nitrogen and oxygen atoms in total. The number of nitrogens with two attached hydrogens (primary N) is 1. The molecule has 0 saturated carbocycles. The zero-order valence-electron chi connectivity index (χ0n) is 20.0. The van der Waals surface area contributed by atoms with Crippen LogP contribution in [0.3, 0.4) is 0 Å². The first-order chi connectivity index (χ1) is 15.9. The van der Waals surface area contributed by atoms with E-state index in [9.17, 15) is 4.79 Å². The molecular formula is C27H34N4O2. The fraction of sp³-hybridized carbons (Fsp3) is 0.333. The predicted molar refractivity (Wildman–Crippen MR) is 136 cm³/mol. The quantitative estimate of drug-likeness (QED) is 0.591. The molecule has 0 spiro atoms. The van der Waals surface area contributed by atoms with E-state index in [1.54, 1.807) is 25.6 Å². The second-order valence-electron chi connectivity index (χ2n) is 7.63. The molecule has 0 radical (unpaired) electrons. The number of ether oxygens (including phenoxy) is 1. The van der Waals surface area contributed by atoms with Crippen molar-refractivity contribution in [3.8, 4) is 17.6 Å². The number of carbonyl (C=O) groups excluding carboxylic acids is 1. The molecule has 1 amide bonds. The van der Waals surface area contributed by atoms with Crippen molar-refractivity contribution in [3.63, 3.8) is 0 Å². The first-order valence-corrected chi connectivity index (χ1v) is 11.2. The minimum atomic E-state index is -0.920. The van der Waals surface area contributed by atoms with Crippen LogP contribution in [0.1, 0.15) is 51.2 Å². The van der Waals surface area contributed by atoms with Crippen LogP contribution in [0.2, 0.25) is 0 Å². The van der Waals surface area contributed by atoms with Gasteiger partial charge in [0.05, 0.1) is 12.9 Å². The SMILES string of the molecule is C=C1NC(=O)C(C#CC2=CN=CCC(N)=C2)(CC)N1.CC/C=C/c1cc(OC)ccc1CC. The Morgan fingerprint density at radius 2 is 2.12 bits per heavy atom. The lowest BCUT2D eigenvalue weighted by Gasteiger charge is -2.17. The van der Waals surface area contributed by atoms with E-state index in [-0.39, 0.29) is 5.91 Å². The van der Waals surface area contributed by atoms with Gasteiger partial charge in [0.1, 0.15) is 5.75 Å². The van der Waals surface area contributed by atoms with Gasteiger partial charge in [-0.2, -0.15) is 0 Å². The summed E-state index contributed by atoms with van der Waals surface area (Å²) in [6.07, 6.45) is 12.8. The summed E-state index contributed by atoms with van der Waals surface area (Å²) in [6.45, 7) is 9.89. The van der Waals surface area contributed by atoms with Crippen LogP contribution in [0.25, 0.3) is 6.08 Å². The van der Waals surface area contributed by atoms with Crippen LogP contribution >= 0.6 is 0 Å². The molecule has 2 aliphatic rings. The standard InChI is InChI=1S/C14H16N4O.C13H18O/c1-3-14(13(19)17-10(2)18-14)6-4-11-8-12(15)5-7-16-9-11;1-4-6-7-12-10-13(14-3)9-8-11(12)5-2/h7-9,18H,2-3,5,15H2,1H3,(H,17,19);6-10H,4-5H2,1-3H3/b;7-6+. The fourth-order valence-electron chi connectivity index (χ4n) is 3.27. The van der Waals surface area contributed by atoms with E-state index in [1.165, 1.54) is 11.1 Å². The van der Waals surface area contributed by atoms with E-state index in [1.807, 2.05) is 13.0 Å². The molecule has 6 heteroatoms. The van der Waals surface area contributed by atoms with Crippen molar-refractivity contribution in [2.75, 3.05) is 7.11 Å². The first kappa shape index (κ1) is 25.5. The van der Waals surface area contributed by atoms with Gasteiger partial charge in [-0.05, 0) is 48.6 Å². The topological polar surface area (TPSA) is 88.7 Å². The monoisotopic (exact) mass is 446 g/mol. The maximum absolute atomic E-state index is 11.9. The van der Waals surface area contributed by atoms with Gasteiger partial charge >= 0.3 is 0 Å². The number of allylic oxidation sites excluding steroid dienone is 4. The van der Waals surface area contributed by atoms with Gasteiger partial charge in [0, 0.05) is 30.1 Å². The average Bonchev–Trinajstić information content (AvgIpc) is 2.96. The van der Waals surface area contributed by atoms with Crippen LogP contribution in [0.5, 0.6) is 5.75 Å². The van der Waals surface area contributed by atoms with Crippen LogP contribution in [0.4, 0.5) is 0 Å². The summed E-state index contributed by atoms with van der Waals surface area (Å²) < 4.78 is 5.20. The lowest BCUT2D eigenvalue weighted by Crippen LogP contribution is -2.44. The number of carbonyl (C=O) groups is 1. The molecule has 2 aliphatic heterocycles. The highest BCUT2D eigenvalue weighted by molar-refractivity contribution is 5.94. The summed E-state index contributed by atoms with van der Waals surface area (Å²) in [5.41, 5.74) is 8.88. The number of nitrogens with zero attached hydrogens (tertiary/aromatic N) is 1. The maximum Gasteiger partial charge on any atom is 0.263 e. The van der Waals surface area contributed by atoms with Crippen LogP contribution in [0, 0.1) is 11.8 Å². The van der Waals surface area contributed by atoms with Gasteiger partial charge in [-0.1, -0.05) is 57.4 Å². The molecule has 2 heterocycles. The van der Waals surface area contributed by atoms with Crippen LogP contribution in [0.15, 0.2) is 65.2 Å². The van der Waals surface area contributed by atoms with E-state index in [4.69, 9.17) is 10.5 Å². The Morgan fingerprint density at radius 1 is 1.33 bits per heavy atom. The summed E-state index contributed by atoms with van der Waals surface area (Å²) in [5.74, 6) is 7.15. The van der Waals surface area contributed by atoms with E-state index in [0.29, 0.717) is 29.9 Å². The molecule has 3 rings (SSSR count). The van der Waals surface area contributed by atoms with Crippen molar-refractivity contribution in [3.05, 3.63) is 71.3 Å². The smallest absolute Gasteiger partial charge is 0.263 e. The Bertz CT molecular complexity index is 1050. The number of aliphatic imine (C=N–C) groups is 1. The summed E-state index contributed by atoms with van der Waals surface area (Å²) >= 11 is 0. The largest absolute Gasteiger partial charge is 0.497 e. The molecule has 0 bridgehead atoms. The molecule has 1 aromatic carbocycles. The Morgan fingerprint density at radius 3 is 2.73 bits per heavy atom. The Balaban J connectivity index is 0.000000245. The number of hydrogen-bond donors (Lipinski definition) is 3. The minimum Gasteiger partial charge on any atom is -0.497 e. The summed E-state index contributed by atoms with van der Waals surface area (Å²) in [6, 6.07) is 6.24. The Labute approximate surface area is 197 Å². The van der Waals surface area contributed by atoms with E-state index in [2.05, 4.69) is 72.2 Å². The number of methoxy groups -OCH3 is 1. The zero-order chi connectivity index (χ0) is 24.3. The van der Waals surface area contributed by atoms with Crippen LogP contribution in [-0.2, 0) is 11.2 Å². The molecule has 174 valence electrons. The van der Waals surface area contributed by atoms with Crippen LogP contribution < -0.4 is 21.1 Å². The van der Waals surface area contributed by atoms with Crippen LogP contribution in [-0.4, -0.2) is 24.8 Å². The molecule has 1 aromatic rings.